The van der Waals surface area contributed by atoms with Crippen molar-refractivity contribution in [2.45, 2.75) is 31.4 Å². The van der Waals surface area contributed by atoms with E-state index in [-0.39, 0.29) is 12.1 Å². The van der Waals surface area contributed by atoms with E-state index in [0.717, 1.165) is 30.3 Å². The summed E-state index contributed by atoms with van der Waals surface area (Å²) in [5.41, 5.74) is 10.3. The monoisotopic (exact) mass is 345 g/mol. The molecule has 3 rings (SSSR count). The minimum atomic E-state index is 0.113. The van der Waals surface area contributed by atoms with Gasteiger partial charge in [-0.3, -0.25) is 0 Å². The van der Waals surface area contributed by atoms with Crippen LogP contribution in [0.25, 0.3) is 0 Å². The van der Waals surface area contributed by atoms with E-state index in [9.17, 15) is 0 Å². The van der Waals surface area contributed by atoms with Gasteiger partial charge in [-0.25, -0.2) is 0 Å². The quantitative estimate of drug-likeness (QED) is 0.907. The maximum atomic E-state index is 6.34. The zero-order valence-electron chi connectivity index (χ0n) is 12.0. The normalized spacial score (nSPS) is 19.0. The van der Waals surface area contributed by atoms with E-state index in [4.69, 9.17) is 10.5 Å². The fraction of sp³-hybridized carbons (Fsp3) is 0.333. The number of hydrogen-bond donors (Lipinski definition) is 1. The summed E-state index contributed by atoms with van der Waals surface area (Å²) < 4.78 is 7.05. The fourth-order valence-electron chi connectivity index (χ4n) is 2.95. The Morgan fingerprint density at radius 1 is 1.14 bits per heavy atom. The average molecular weight is 346 g/mol. The lowest BCUT2D eigenvalue weighted by atomic mass is 9.92. The summed E-state index contributed by atoms with van der Waals surface area (Å²) in [6.45, 7) is 0.798. The third kappa shape index (κ3) is 3.73. The molecule has 0 amide bonds. The smallest absolute Gasteiger partial charge is 0.0842 e. The molecule has 1 aliphatic heterocycles. The molecular weight excluding hydrogens is 326 g/mol. The van der Waals surface area contributed by atoms with Gasteiger partial charge in [0.2, 0.25) is 0 Å². The molecule has 0 radical (unpaired) electrons. The number of benzene rings is 2. The highest BCUT2D eigenvalue weighted by molar-refractivity contribution is 9.10. The van der Waals surface area contributed by atoms with Crippen LogP contribution in [-0.4, -0.2) is 12.6 Å². The van der Waals surface area contributed by atoms with Gasteiger partial charge in [0.05, 0.1) is 12.7 Å². The standard InChI is InChI=1S/C18H20BrNO/c19-15-7-5-13(6-8-15)11-16(20)12-18-17-4-2-1-3-14(17)9-10-21-18/h1-8,16,18H,9-12,20H2. The summed E-state index contributed by atoms with van der Waals surface area (Å²) in [6, 6.07) is 17.0. The molecule has 2 aromatic rings. The van der Waals surface area contributed by atoms with E-state index in [2.05, 4.69) is 64.5 Å². The number of nitrogens with two attached hydrogens (primary N) is 1. The zero-order valence-corrected chi connectivity index (χ0v) is 13.6. The molecule has 1 aliphatic rings. The Hall–Kier alpha value is -1.16. The Bertz CT molecular complexity index is 596. The predicted octanol–water partition coefficient (Wildman–Crippen LogP) is 4.02. The lowest BCUT2D eigenvalue weighted by Crippen LogP contribution is -2.28. The van der Waals surface area contributed by atoms with Gasteiger partial charge in [0, 0.05) is 10.5 Å². The molecule has 0 spiro atoms. The van der Waals surface area contributed by atoms with Gasteiger partial charge in [-0.2, -0.15) is 0 Å². The summed E-state index contributed by atoms with van der Waals surface area (Å²) in [6.07, 6.45) is 2.90. The van der Waals surface area contributed by atoms with Gasteiger partial charge in [0.1, 0.15) is 0 Å². The van der Waals surface area contributed by atoms with Crippen molar-refractivity contribution in [2.24, 2.45) is 5.73 Å². The van der Waals surface area contributed by atoms with Crippen LogP contribution >= 0.6 is 15.9 Å². The summed E-state index contributed by atoms with van der Waals surface area (Å²) in [5, 5.41) is 0. The molecular formula is C18H20BrNO. The van der Waals surface area contributed by atoms with Crippen LogP contribution in [0, 0.1) is 0 Å². The van der Waals surface area contributed by atoms with E-state index >= 15 is 0 Å². The second-order valence-electron chi connectivity index (χ2n) is 5.63. The molecule has 0 bridgehead atoms. The SMILES string of the molecule is NC(Cc1ccc(Br)cc1)CC1OCCc2ccccc21. The Labute approximate surface area is 134 Å². The second-order valence-corrected chi connectivity index (χ2v) is 6.55. The molecule has 21 heavy (non-hydrogen) atoms. The largest absolute Gasteiger partial charge is 0.373 e. The van der Waals surface area contributed by atoms with Crippen LogP contribution in [0.1, 0.15) is 29.2 Å². The predicted molar refractivity (Wildman–Crippen MR) is 89.3 cm³/mol. The van der Waals surface area contributed by atoms with E-state index < -0.39 is 0 Å². The average Bonchev–Trinajstić information content (AvgIpc) is 2.50. The van der Waals surface area contributed by atoms with E-state index in [1.165, 1.54) is 16.7 Å². The van der Waals surface area contributed by atoms with Crippen LogP contribution < -0.4 is 5.73 Å². The van der Waals surface area contributed by atoms with E-state index in [1.807, 2.05) is 0 Å². The van der Waals surface area contributed by atoms with Gasteiger partial charge in [-0.05, 0) is 48.1 Å². The summed E-state index contributed by atoms with van der Waals surface area (Å²) >= 11 is 3.46. The van der Waals surface area contributed by atoms with Gasteiger partial charge in [0.25, 0.3) is 0 Å². The Kier molecular flexibility index (Phi) is 4.73. The van der Waals surface area contributed by atoms with Crippen molar-refractivity contribution in [3.63, 3.8) is 0 Å². The van der Waals surface area contributed by atoms with Crippen LogP contribution in [-0.2, 0) is 17.6 Å². The molecule has 3 heteroatoms. The molecule has 2 aromatic carbocycles. The first-order valence-corrected chi connectivity index (χ1v) is 8.21. The molecule has 0 aliphatic carbocycles. The fourth-order valence-corrected chi connectivity index (χ4v) is 3.22. The molecule has 0 saturated heterocycles. The Morgan fingerprint density at radius 3 is 2.71 bits per heavy atom. The Balaban J connectivity index is 1.65. The number of rotatable bonds is 4. The van der Waals surface area contributed by atoms with Crippen molar-refractivity contribution in [1.82, 2.24) is 0 Å². The molecule has 2 nitrogen and oxygen atoms in total. The van der Waals surface area contributed by atoms with Crippen molar-refractivity contribution < 1.29 is 4.74 Å². The summed E-state index contributed by atoms with van der Waals surface area (Å²) in [5.74, 6) is 0. The van der Waals surface area contributed by atoms with Crippen molar-refractivity contribution in [2.75, 3.05) is 6.61 Å². The highest BCUT2D eigenvalue weighted by Crippen LogP contribution is 2.30. The highest BCUT2D eigenvalue weighted by Gasteiger charge is 2.22. The van der Waals surface area contributed by atoms with Crippen LogP contribution in [0.5, 0.6) is 0 Å². The maximum absolute atomic E-state index is 6.34. The molecule has 1 heterocycles. The molecule has 2 N–H and O–H groups in total. The van der Waals surface area contributed by atoms with Crippen LogP contribution in [0.4, 0.5) is 0 Å². The summed E-state index contributed by atoms with van der Waals surface area (Å²) in [7, 11) is 0. The molecule has 2 unspecified atom stereocenters. The third-order valence-corrected chi connectivity index (χ3v) is 4.55. The van der Waals surface area contributed by atoms with Crippen molar-refractivity contribution in [3.05, 3.63) is 69.7 Å². The van der Waals surface area contributed by atoms with Gasteiger partial charge in [-0.15, -0.1) is 0 Å². The minimum absolute atomic E-state index is 0.113. The lowest BCUT2D eigenvalue weighted by Gasteiger charge is -2.28. The molecule has 0 saturated carbocycles. The van der Waals surface area contributed by atoms with Crippen molar-refractivity contribution in [1.29, 1.82) is 0 Å². The Morgan fingerprint density at radius 2 is 1.90 bits per heavy atom. The zero-order chi connectivity index (χ0) is 14.7. The highest BCUT2D eigenvalue weighted by atomic mass is 79.9. The van der Waals surface area contributed by atoms with Crippen molar-refractivity contribution >= 4 is 15.9 Å². The van der Waals surface area contributed by atoms with E-state index in [1.54, 1.807) is 0 Å². The first kappa shape index (κ1) is 14.8. The van der Waals surface area contributed by atoms with Gasteiger partial charge in [0.15, 0.2) is 0 Å². The number of halogens is 1. The third-order valence-electron chi connectivity index (χ3n) is 4.02. The van der Waals surface area contributed by atoms with Gasteiger partial charge < -0.3 is 10.5 Å². The minimum Gasteiger partial charge on any atom is -0.373 e. The van der Waals surface area contributed by atoms with Crippen LogP contribution in [0.15, 0.2) is 53.0 Å². The maximum Gasteiger partial charge on any atom is 0.0842 e. The van der Waals surface area contributed by atoms with Crippen LogP contribution in [0.2, 0.25) is 0 Å². The summed E-state index contributed by atoms with van der Waals surface area (Å²) in [4.78, 5) is 0. The van der Waals surface area contributed by atoms with Gasteiger partial charge in [-0.1, -0.05) is 52.3 Å². The number of hydrogen-bond acceptors (Lipinski definition) is 2. The molecule has 2 atom stereocenters. The molecule has 110 valence electrons. The van der Waals surface area contributed by atoms with Gasteiger partial charge >= 0.3 is 0 Å². The van der Waals surface area contributed by atoms with Crippen molar-refractivity contribution in [3.8, 4) is 0 Å². The number of ether oxygens (including phenoxy) is 1. The van der Waals surface area contributed by atoms with Crippen LogP contribution in [0.3, 0.4) is 0 Å². The lowest BCUT2D eigenvalue weighted by molar-refractivity contribution is 0.0321. The van der Waals surface area contributed by atoms with E-state index in [0.29, 0.717) is 0 Å². The molecule has 0 aromatic heterocycles. The molecule has 0 fully saturated rings. The first-order valence-electron chi connectivity index (χ1n) is 7.42. The second kappa shape index (κ2) is 6.73. The topological polar surface area (TPSA) is 35.2 Å². The number of fused-ring (bicyclic) bond motifs is 1. The first-order chi connectivity index (χ1) is 10.2.